The van der Waals surface area contributed by atoms with Crippen LogP contribution in [0.15, 0.2) is 12.5 Å². The number of alkyl halides is 1. The molecule has 0 spiro atoms. The van der Waals surface area contributed by atoms with Gasteiger partial charge in [-0.15, -0.1) is 11.6 Å². The minimum absolute atomic E-state index is 0.477. The van der Waals surface area contributed by atoms with Crippen molar-refractivity contribution in [1.82, 2.24) is 9.55 Å². The SMILES string of the molecule is CC(C1CCOCC1)n1cncc1CCl. The van der Waals surface area contributed by atoms with Crippen LogP contribution in [-0.4, -0.2) is 22.8 Å². The molecule has 1 aliphatic heterocycles. The summed E-state index contributed by atoms with van der Waals surface area (Å²) < 4.78 is 7.57. The normalized spacial score (nSPS) is 20.4. The summed E-state index contributed by atoms with van der Waals surface area (Å²) in [5.41, 5.74) is 1.11. The molecule has 0 saturated carbocycles. The van der Waals surface area contributed by atoms with Crippen LogP contribution in [0.1, 0.15) is 31.5 Å². The summed E-state index contributed by atoms with van der Waals surface area (Å²) in [5, 5.41) is 0. The Morgan fingerprint density at radius 3 is 3.00 bits per heavy atom. The number of ether oxygens (including phenoxy) is 1. The molecule has 1 aromatic heterocycles. The molecule has 3 nitrogen and oxygen atoms in total. The molecule has 0 aromatic carbocycles. The molecule has 1 fully saturated rings. The van der Waals surface area contributed by atoms with E-state index in [-0.39, 0.29) is 0 Å². The van der Waals surface area contributed by atoms with Crippen LogP contribution in [0.25, 0.3) is 0 Å². The van der Waals surface area contributed by atoms with Crippen LogP contribution in [0.3, 0.4) is 0 Å². The number of nitrogens with zero attached hydrogens (tertiary/aromatic N) is 2. The average Bonchev–Trinajstić information content (AvgIpc) is 2.77. The fraction of sp³-hybridized carbons (Fsp3) is 0.727. The van der Waals surface area contributed by atoms with Crippen LogP contribution in [0, 0.1) is 5.92 Å². The van der Waals surface area contributed by atoms with E-state index in [1.165, 1.54) is 0 Å². The molecule has 0 amide bonds. The molecule has 1 aromatic rings. The van der Waals surface area contributed by atoms with Crippen LogP contribution in [0.4, 0.5) is 0 Å². The van der Waals surface area contributed by atoms with Crippen molar-refractivity contribution in [2.45, 2.75) is 31.7 Å². The zero-order valence-electron chi connectivity index (χ0n) is 9.03. The minimum atomic E-state index is 0.477. The fourth-order valence-corrected chi connectivity index (χ4v) is 2.43. The Bertz CT molecular complexity index is 307. The van der Waals surface area contributed by atoms with Gasteiger partial charge < -0.3 is 9.30 Å². The van der Waals surface area contributed by atoms with Gasteiger partial charge in [-0.3, -0.25) is 0 Å². The first kappa shape index (κ1) is 11.0. The highest BCUT2D eigenvalue weighted by Crippen LogP contribution is 2.28. The second-order valence-electron chi connectivity index (χ2n) is 4.12. The van der Waals surface area contributed by atoms with Crippen molar-refractivity contribution in [3.63, 3.8) is 0 Å². The predicted molar refractivity (Wildman–Crippen MR) is 60.0 cm³/mol. The molecule has 15 heavy (non-hydrogen) atoms. The number of imidazole rings is 1. The van der Waals surface area contributed by atoms with Gasteiger partial charge in [0.05, 0.1) is 17.9 Å². The van der Waals surface area contributed by atoms with Gasteiger partial charge in [0.2, 0.25) is 0 Å². The molecule has 0 bridgehead atoms. The van der Waals surface area contributed by atoms with Crippen LogP contribution in [0.2, 0.25) is 0 Å². The molecular formula is C11H17ClN2O. The van der Waals surface area contributed by atoms with Gasteiger partial charge >= 0.3 is 0 Å². The van der Waals surface area contributed by atoms with E-state index in [1.54, 1.807) is 0 Å². The first-order valence-electron chi connectivity index (χ1n) is 5.47. The monoisotopic (exact) mass is 228 g/mol. The third-order valence-corrected chi connectivity index (χ3v) is 3.54. The zero-order chi connectivity index (χ0) is 10.7. The maximum absolute atomic E-state index is 5.87. The molecule has 0 N–H and O–H groups in total. The Kier molecular flexibility index (Phi) is 3.65. The van der Waals surface area contributed by atoms with Crippen molar-refractivity contribution < 1.29 is 4.74 Å². The highest BCUT2D eigenvalue weighted by molar-refractivity contribution is 6.16. The van der Waals surface area contributed by atoms with Gasteiger partial charge in [-0.1, -0.05) is 0 Å². The molecule has 1 saturated heterocycles. The average molecular weight is 229 g/mol. The van der Waals surface area contributed by atoms with Crippen LogP contribution >= 0.6 is 11.6 Å². The second kappa shape index (κ2) is 4.99. The lowest BCUT2D eigenvalue weighted by atomic mass is 9.93. The molecule has 0 radical (unpaired) electrons. The Balaban J connectivity index is 2.08. The van der Waals surface area contributed by atoms with Gasteiger partial charge in [-0.25, -0.2) is 4.98 Å². The number of rotatable bonds is 3. The Labute approximate surface area is 95.4 Å². The Morgan fingerprint density at radius 2 is 2.33 bits per heavy atom. The lowest BCUT2D eigenvalue weighted by Gasteiger charge is -2.29. The quantitative estimate of drug-likeness (QED) is 0.744. The van der Waals surface area contributed by atoms with Gasteiger partial charge in [-0.2, -0.15) is 0 Å². The van der Waals surface area contributed by atoms with E-state index in [2.05, 4.69) is 16.5 Å². The van der Waals surface area contributed by atoms with E-state index in [4.69, 9.17) is 16.3 Å². The van der Waals surface area contributed by atoms with Gasteiger partial charge in [-0.05, 0) is 25.7 Å². The third kappa shape index (κ3) is 2.34. The minimum Gasteiger partial charge on any atom is -0.381 e. The van der Waals surface area contributed by atoms with E-state index in [1.807, 2.05) is 12.5 Å². The van der Waals surface area contributed by atoms with Crippen molar-refractivity contribution >= 4 is 11.6 Å². The number of halogens is 1. The molecule has 4 heteroatoms. The lowest BCUT2D eigenvalue weighted by molar-refractivity contribution is 0.0510. The summed E-state index contributed by atoms with van der Waals surface area (Å²) in [6, 6.07) is 0.477. The molecule has 84 valence electrons. The number of aromatic nitrogens is 2. The maximum atomic E-state index is 5.87. The van der Waals surface area contributed by atoms with E-state index in [9.17, 15) is 0 Å². The fourth-order valence-electron chi connectivity index (χ4n) is 2.23. The van der Waals surface area contributed by atoms with E-state index < -0.39 is 0 Å². The maximum Gasteiger partial charge on any atom is 0.0951 e. The van der Waals surface area contributed by atoms with E-state index in [0.717, 1.165) is 31.7 Å². The standard InChI is InChI=1S/C11H17ClN2O/c1-9(10-2-4-15-5-3-10)14-8-13-7-11(14)6-12/h7-10H,2-6H2,1H3. The zero-order valence-corrected chi connectivity index (χ0v) is 9.78. The Hall–Kier alpha value is -0.540. The first-order chi connectivity index (χ1) is 7.33. The second-order valence-corrected chi connectivity index (χ2v) is 4.38. The smallest absolute Gasteiger partial charge is 0.0951 e. The molecule has 2 heterocycles. The highest BCUT2D eigenvalue weighted by Gasteiger charge is 2.22. The number of hydrogen-bond donors (Lipinski definition) is 0. The summed E-state index contributed by atoms with van der Waals surface area (Å²) in [7, 11) is 0. The predicted octanol–water partition coefficient (Wildman–Crippen LogP) is 2.61. The lowest BCUT2D eigenvalue weighted by Crippen LogP contribution is -2.24. The van der Waals surface area contributed by atoms with Crippen molar-refractivity contribution in [3.8, 4) is 0 Å². The molecule has 1 aliphatic rings. The van der Waals surface area contributed by atoms with Crippen molar-refractivity contribution in [1.29, 1.82) is 0 Å². The molecule has 1 unspecified atom stereocenters. The van der Waals surface area contributed by atoms with Gasteiger partial charge in [0.25, 0.3) is 0 Å². The van der Waals surface area contributed by atoms with Gasteiger partial charge in [0, 0.05) is 25.5 Å². The summed E-state index contributed by atoms with van der Waals surface area (Å²) in [6.07, 6.45) is 6.02. The van der Waals surface area contributed by atoms with Crippen molar-refractivity contribution in [2.75, 3.05) is 13.2 Å². The topological polar surface area (TPSA) is 27.1 Å². The first-order valence-corrected chi connectivity index (χ1v) is 6.00. The summed E-state index contributed by atoms with van der Waals surface area (Å²) >= 11 is 5.87. The van der Waals surface area contributed by atoms with Gasteiger partial charge in [0.15, 0.2) is 0 Å². The van der Waals surface area contributed by atoms with Crippen LogP contribution < -0.4 is 0 Å². The third-order valence-electron chi connectivity index (χ3n) is 3.27. The summed E-state index contributed by atoms with van der Waals surface area (Å²) in [4.78, 5) is 4.16. The van der Waals surface area contributed by atoms with Crippen LogP contribution in [0.5, 0.6) is 0 Å². The van der Waals surface area contributed by atoms with Crippen molar-refractivity contribution in [2.24, 2.45) is 5.92 Å². The largest absolute Gasteiger partial charge is 0.381 e. The van der Waals surface area contributed by atoms with Crippen LogP contribution in [-0.2, 0) is 10.6 Å². The summed E-state index contributed by atoms with van der Waals surface area (Å²) in [6.45, 7) is 4.02. The highest BCUT2D eigenvalue weighted by atomic mass is 35.5. The molecule has 2 rings (SSSR count). The summed E-state index contributed by atoms with van der Waals surface area (Å²) in [5.74, 6) is 1.23. The Morgan fingerprint density at radius 1 is 1.60 bits per heavy atom. The van der Waals surface area contributed by atoms with E-state index in [0.29, 0.717) is 17.8 Å². The number of hydrogen-bond acceptors (Lipinski definition) is 2. The van der Waals surface area contributed by atoms with Gasteiger partial charge in [0.1, 0.15) is 0 Å². The molecule has 1 atom stereocenters. The van der Waals surface area contributed by atoms with Crippen molar-refractivity contribution in [3.05, 3.63) is 18.2 Å². The molecule has 0 aliphatic carbocycles. The van der Waals surface area contributed by atoms with E-state index >= 15 is 0 Å². The molecular weight excluding hydrogens is 212 g/mol.